The van der Waals surface area contributed by atoms with Crippen molar-refractivity contribution in [2.45, 2.75) is 20.8 Å². The molecule has 0 bridgehead atoms. The van der Waals surface area contributed by atoms with Gasteiger partial charge in [0.05, 0.1) is 11.4 Å². The molecule has 0 unspecified atom stereocenters. The Hall–Kier alpha value is -7.03. The summed E-state index contributed by atoms with van der Waals surface area (Å²) >= 11 is 0. The summed E-state index contributed by atoms with van der Waals surface area (Å²) in [7, 11) is 0. The van der Waals surface area contributed by atoms with Crippen LogP contribution in [0.4, 0.5) is 0 Å². The Kier molecular flexibility index (Phi) is 9.09. The molecule has 0 spiro atoms. The highest BCUT2D eigenvalue weighted by atomic mass is 15.1. The number of fused-ring (bicyclic) bond motifs is 3. The van der Waals surface area contributed by atoms with Crippen molar-refractivity contribution in [2.24, 2.45) is 0 Å². The normalized spacial score (nSPS) is 12.1. The van der Waals surface area contributed by atoms with Crippen molar-refractivity contribution in [1.29, 1.82) is 0 Å². The molecule has 0 amide bonds. The fraction of sp³-hybridized carbons (Fsp3) is 0.0556. The zero-order chi connectivity index (χ0) is 38.2. The van der Waals surface area contributed by atoms with E-state index in [9.17, 15) is 0 Å². The summed E-state index contributed by atoms with van der Waals surface area (Å²) in [6.07, 6.45) is 6.41. The van der Waals surface area contributed by atoms with Crippen LogP contribution in [0.15, 0.2) is 195 Å². The molecule has 268 valence electrons. The van der Waals surface area contributed by atoms with Crippen molar-refractivity contribution in [1.82, 2.24) is 9.55 Å². The molecule has 0 aliphatic carbocycles. The van der Waals surface area contributed by atoms with Crippen LogP contribution in [0, 0.1) is 13.8 Å². The molecular weight excluding hydrogens is 677 g/mol. The van der Waals surface area contributed by atoms with Crippen molar-refractivity contribution in [3.05, 3.63) is 217 Å². The number of hydrogen-bond acceptors (Lipinski definition) is 1. The van der Waals surface area contributed by atoms with Gasteiger partial charge in [0.2, 0.25) is 0 Å². The molecule has 0 atom stereocenters. The quantitative estimate of drug-likeness (QED) is 0.113. The molecule has 0 saturated carbocycles. The average molecular weight is 719 g/mol. The number of nitrogens with zero attached hydrogens (tertiary/aromatic N) is 2. The molecule has 2 heteroatoms. The van der Waals surface area contributed by atoms with Crippen LogP contribution < -0.4 is 0 Å². The maximum absolute atomic E-state index is 5.47. The van der Waals surface area contributed by atoms with Crippen LogP contribution in [0.2, 0.25) is 0 Å². The van der Waals surface area contributed by atoms with Crippen LogP contribution in [0.5, 0.6) is 0 Å². The minimum absolute atomic E-state index is 0.892. The molecule has 8 aromatic carbocycles. The van der Waals surface area contributed by atoms with Gasteiger partial charge in [-0.1, -0.05) is 188 Å². The van der Waals surface area contributed by atoms with Gasteiger partial charge in [-0.25, -0.2) is 4.98 Å². The van der Waals surface area contributed by atoms with Gasteiger partial charge in [0, 0.05) is 16.8 Å². The van der Waals surface area contributed by atoms with Crippen molar-refractivity contribution < 1.29 is 0 Å². The fourth-order valence-corrected chi connectivity index (χ4v) is 8.04. The van der Waals surface area contributed by atoms with E-state index in [0.29, 0.717) is 0 Å². The van der Waals surface area contributed by atoms with Crippen LogP contribution in [-0.4, -0.2) is 9.55 Å². The fourth-order valence-electron chi connectivity index (χ4n) is 8.04. The topological polar surface area (TPSA) is 17.8 Å². The SMILES string of the molecule is C=C/C(=C\C=C(/C)c1nc(-c2ccc(C)cc2)c(-c2ccc(C)cc2)n1-c1ccccc1)c1c2ccccc2c(-c2ccc3ccccc3c2)c2ccccc12. The lowest BCUT2D eigenvalue weighted by Gasteiger charge is -2.18. The number of aryl methyl sites for hydroxylation is 2. The van der Waals surface area contributed by atoms with Gasteiger partial charge in [0.25, 0.3) is 0 Å². The van der Waals surface area contributed by atoms with Crippen LogP contribution in [0.25, 0.3) is 82.8 Å². The number of benzene rings is 8. The molecule has 0 radical (unpaired) electrons. The standard InChI is InChI=1S/C54H42N2/c1-5-39(50-46-19-11-13-21-48(46)51(49-22-14-12-20-47(49)50)44-34-33-40-15-9-10-16-43(40)35-44)32-27-38(4)54-55-52(41-28-23-36(2)24-29-41)53(42-30-25-37(3)26-31-42)56(54)45-17-7-6-8-18-45/h5-35H,1H2,2-4H3/b38-27+,39-32+. The molecule has 1 heterocycles. The second kappa shape index (κ2) is 14.7. The molecule has 2 nitrogen and oxygen atoms in total. The Labute approximate surface area is 329 Å². The number of aromatic nitrogens is 2. The Morgan fingerprint density at radius 2 is 1.07 bits per heavy atom. The molecule has 9 rings (SSSR count). The lowest BCUT2D eigenvalue weighted by atomic mass is 9.85. The maximum Gasteiger partial charge on any atom is 0.141 e. The first-order chi connectivity index (χ1) is 27.5. The molecule has 56 heavy (non-hydrogen) atoms. The lowest BCUT2D eigenvalue weighted by Crippen LogP contribution is -2.02. The van der Waals surface area contributed by atoms with Gasteiger partial charge in [-0.05, 0) is 99.1 Å². The van der Waals surface area contributed by atoms with Crippen LogP contribution in [0.1, 0.15) is 29.4 Å². The number of para-hydroxylation sites is 1. The Bertz CT molecular complexity index is 2920. The molecule has 0 fully saturated rings. The maximum atomic E-state index is 5.47. The highest BCUT2D eigenvalue weighted by Gasteiger charge is 2.23. The zero-order valence-electron chi connectivity index (χ0n) is 32.0. The predicted molar refractivity (Wildman–Crippen MR) is 240 cm³/mol. The van der Waals surface area contributed by atoms with E-state index in [-0.39, 0.29) is 0 Å². The lowest BCUT2D eigenvalue weighted by molar-refractivity contribution is 1.03. The average Bonchev–Trinajstić information content (AvgIpc) is 3.65. The smallest absolute Gasteiger partial charge is 0.141 e. The Morgan fingerprint density at radius 3 is 1.70 bits per heavy atom. The molecule has 0 aliphatic rings. The number of allylic oxidation sites excluding steroid dienone is 5. The Balaban J connectivity index is 1.26. The van der Waals surface area contributed by atoms with Gasteiger partial charge in [-0.3, -0.25) is 4.57 Å². The third-order valence-corrected chi connectivity index (χ3v) is 10.9. The van der Waals surface area contributed by atoms with Crippen molar-refractivity contribution in [3.8, 4) is 39.3 Å². The summed E-state index contributed by atoms with van der Waals surface area (Å²) in [5.41, 5.74) is 13.5. The summed E-state index contributed by atoms with van der Waals surface area (Å²) in [6, 6.07) is 61.0. The molecule has 0 N–H and O–H groups in total. The Morgan fingerprint density at radius 1 is 0.536 bits per heavy atom. The second-order valence-corrected chi connectivity index (χ2v) is 14.6. The van der Waals surface area contributed by atoms with E-state index in [1.165, 1.54) is 60.1 Å². The van der Waals surface area contributed by atoms with Crippen molar-refractivity contribution in [2.75, 3.05) is 0 Å². The highest BCUT2D eigenvalue weighted by Crippen LogP contribution is 2.43. The van der Waals surface area contributed by atoms with Gasteiger partial charge in [0.1, 0.15) is 5.82 Å². The van der Waals surface area contributed by atoms with Gasteiger partial charge in [-0.2, -0.15) is 0 Å². The van der Waals surface area contributed by atoms with Crippen LogP contribution >= 0.6 is 0 Å². The zero-order valence-corrected chi connectivity index (χ0v) is 32.0. The molecule has 1 aromatic heterocycles. The second-order valence-electron chi connectivity index (χ2n) is 14.6. The van der Waals surface area contributed by atoms with Gasteiger partial charge < -0.3 is 0 Å². The summed E-state index contributed by atoms with van der Waals surface area (Å²) in [5, 5.41) is 7.30. The number of imidazole rings is 1. The largest absolute Gasteiger partial charge is 0.292 e. The van der Waals surface area contributed by atoms with E-state index in [1.54, 1.807) is 0 Å². The van der Waals surface area contributed by atoms with Gasteiger partial charge in [-0.15, -0.1) is 0 Å². The van der Waals surface area contributed by atoms with E-state index in [0.717, 1.165) is 45.2 Å². The highest BCUT2D eigenvalue weighted by molar-refractivity contribution is 6.20. The summed E-state index contributed by atoms with van der Waals surface area (Å²) in [6.45, 7) is 10.8. The first-order valence-corrected chi connectivity index (χ1v) is 19.2. The number of hydrogen-bond donors (Lipinski definition) is 0. The van der Waals surface area contributed by atoms with E-state index < -0.39 is 0 Å². The van der Waals surface area contributed by atoms with Gasteiger partial charge >= 0.3 is 0 Å². The summed E-state index contributed by atoms with van der Waals surface area (Å²) < 4.78 is 2.32. The minimum atomic E-state index is 0.892. The van der Waals surface area contributed by atoms with E-state index >= 15 is 0 Å². The summed E-state index contributed by atoms with van der Waals surface area (Å²) in [4.78, 5) is 5.47. The molecular formula is C54H42N2. The minimum Gasteiger partial charge on any atom is -0.292 e. The van der Waals surface area contributed by atoms with E-state index in [2.05, 4.69) is 214 Å². The first-order valence-electron chi connectivity index (χ1n) is 19.2. The third-order valence-electron chi connectivity index (χ3n) is 10.9. The van der Waals surface area contributed by atoms with Crippen LogP contribution in [-0.2, 0) is 0 Å². The third kappa shape index (κ3) is 6.26. The molecule has 0 saturated heterocycles. The van der Waals surface area contributed by atoms with Crippen molar-refractivity contribution >= 4 is 43.5 Å². The molecule has 0 aliphatic heterocycles. The van der Waals surface area contributed by atoms with E-state index in [4.69, 9.17) is 4.98 Å². The monoisotopic (exact) mass is 718 g/mol. The number of rotatable bonds is 8. The van der Waals surface area contributed by atoms with Gasteiger partial charge in [0.15, 0.2) is 0 Å². The van der Waals surface area contributed by atoms with E-state index in [1.807, 2.05) is 6.08 Å². The summed E-state index contributed by atoms with van der Waals surface area (Å²) in [5.74, 6) is 0.892. The van der Waals surface area contributed by atoms with Crippen molar-refractivity contribution in [3.63, 3.8) is 0 Å². The first kappa shape index (κ1) is 34.7. The predicted octanol–water partition coefficient (Wildman–Crippen LogP) is 14.6. The molecule has 9 aromatic rings. The van der Waals surface area contributed by atoms with Crippen LogP contribution in [0.3, 0.4) is 0 Å².